The molecule has 0 saturated carbocycles. The van der Waals surface area contributed by atoms with Crippen LogP contribution in [0.1, 0.15) is 0 Å². The molecule has 1 aromatic heterocycles. The first-order valence-electron chi connectivity index (χ1n) is 5.30. The lowest BCUT2D eigenvalue weighted by atomic mass is 10.4. The summed E-state index contributed by atoms with van der Waals surface area (Å²) < 4.78 is 0. The van der Waals surface area contributed by atoms with Crippen LogP contribution in [0.2, 0.25) is 0 Å². The zero-order valence-electron chi connectivity index (χ0n) is 10.2. The first kappa shape index (κ1) is 13.7. The zero-order chi connectivity index (χ0) is 13.5. The number of hydrogen-bond donors (Lipinski definition) is 2. The maximum Gasteiger partial charge on any atom is 0.316 e. The largest absolute Gasteiger partial charge is 0.368 e. The monoisotopic (exact) mass is 253 g/mol. The van der Waals surface area contributed by atoms with Gasteiger partial charge in [0.15, 0.2) is 0 Å². The van der Waals surface area contributed by atoms with Crippen LogP contribution in [0.25, 0.3) is 0 Å². The number of nitrogens with zero attached hydrogens (tertiary/aromatic N) is 3. The second-order valence-electron chi connectivity index (χ2n) is 3.71. The molecule has 1 heterocycles. The van der Waals surface area contributed by atoms with Gasteiger partial charge >= 0.3 is 6.03 Å². The van der Waals surface area contributed by atoms with Crippen LogP contribution in [-0.2, 0) is 0 Å². The fourth-order valence-corrected chi connectivity index (χ4v) is 1.12. The Balaban J connectivity index is 2.31. The summed E-state index contributed by atoms with van der Waals surface area (Å²) in [5.41, 5.74) is -0.0542. The fourth-order valence-electron chi connectivity index (χ4n) is 1.12. The van der Waals surface area contributed by atoms with Crippen LogP contribution in [-0.4, -0.2) is 48.0 Å². The van der Waals surface area contributed by atoms with Crippen molar-refractivity contribution < 1.29 is 9.72 Å². The van der Waals surface area contributed by atoms with Crippen molar-refractivity contribution >= 4 is 17.5 Å². The number of nitrogens with one attached hydrogen (secondary N) is 2. The van der Waals surface area contributed by atoms with Crippen molar-refractivity contribution in [1.29, 1.82) is 0 Å². The normalized spacial score (nSPS) is 9.67. The van der Waals surface area contributed by atoms with E-state index in [9.17, 15) is 14.9 Å². The Morgan fingerprint density at radius 1 is 1.44 bits per heavy atom. The van der Waals surface area contributed by atoms with Crippen molar-refractivity contribution in [1.82, 2.24) is 15.2 Å². The highest BCUT2D eigenvalue weighted by Gasteiger charge is 2.05. The predicted octanol–water partition coefficient (Wildman–Crippen LogP) is 0.673. The number of urea groups is 1. The molecule has 18 heavy (non-hydrogen) atoms. The van der Waals surface area contributed by atoms with Gasteiger partial charge in [-0.1, -0.05) is 0 Å². The summed E-state index contributed by atoms with van der Waals surface area (Å²) in [5.74, 6) is 0.528. The molecule has 0 spiro atoms. The molecule has 8 heteroatoms. The SMILES string of the molecule is CN(C)C(=O)NCCNc1ccc([N+](=O)[O-])cn1. The Morgan fingerprint density at radius 2 is 2.17 bits per heavy atom. The van der Waals surface area contributed by atoms with Gasteiger partial charge < -0.3 is 15.5 Å². The van der Waals surface area contributed by atoms with Gasteiger partial charge in [-0.15, -0.1) is 0 Å². The van der Waals surface area contributed by atoms with E-state index in [0.717, 1.165) is 0 Å². The summed E-state index contributed by atoms with van der Waals surface area (Å²) in [6.45, 7) is 0.931. The average Bonchev–Trinajstić information content (AvgIpc) is 2.34. The molecule has 1 rings (SSSR count). The molecule has 0 aromatic carbocycles. The van der Waals surface area contributed by atoms with E-state index < -0.39 is 4.92 Å². The van der Waals surface area contributed by atoms with Gasteiger partial charge in [-0.25, -0.2) is 9.78 Å². The third-order valence-corrected chi connectivity index (χ3v) is 2.07. The van der Waals surface area contributed by atoms with E-state index in [-0.39, 0.29) is 11.7 Å². The third-order valence-electron chi connectivity index (χ3n) is 2.07. The van der Waals surface area contributed by atoms with E-state index in [1.165, 1.54) is 23.2 Å². The number of amides is 2. The van der Waals surface area contributed by atoms with Gasteiger partial charge in [0, 0.05) is 33.3 Å². The molecule has 0 aliphatic carbocycles. The molecule has 0 unspecified atom stereocenters. The predicted molar refractivity (Wildman–Crippen MR) is 66.5 cm³/mol. The van der Waals surface area contributed by atoms with Crippen molar-refractivity contribution in [3.05, 3.63) is 28.4 Å². The molecular formula is C10H15N5O3. The Bertz CT molecular complexity index is 418. The minimum Gasteiger partial charge on any atom is -0.368 e. The first-order valence-corrected chi connectivity index (χ1v) is 5.30. The van der Waals surface area contributed by atoms with Crippen molar-refractivity contribution in [3.63, 3.8) is 0 Å². The van der Waals surface area contributed by atoms with E-state index in [1.807, 2.05) is 0 Å². The van der Waals surface area contributed by atoms with Crippen LogP contribution in [0.4, 0.5) is 16.3 Å². The number of anilines is 1. The highest BCUT2D eigenvalue weighted by molar-refractivity contribution is 5.73. The average molecular weight is 253 g/mol. The molecule has 1 aromatic rings. The zero-order valence-corrected chi connectivity index (χ0v) is 10.2. The van der Waals surface area contributed by atoms with E-state index in [1.54, 1.807) is 14.1 Å². The van der Waals surface area contributed by atoms with Gasteiger partial charge in [0.1, 0.15) is 12.0 Å². The van der Waals surface area contributed by atoms with E-state index >= 15 is 0 Å². The quantitative estimate of drug-likeness (QED) is 0.456. The molecule has 0 bridgehead atoms. The van der Waals surface area contributed by atoms with Crippen LogP contribution >= 0.6 is 0 Å². The lowest BCUT2D eigenvalue weighted by Crippen LogP contribution is -2.37. The lowest BCUT2D eigenvalue weighted by molar-refractivity contribution is -0.385. The van der Waals surface area contributed by atoms with Crippen molar-refractivity contribution in [3.8, 4) is 0 Å². The summed E-state index contributed by atoms with van der Waals surface area (Å²) in [4.78, 5) is 26.4. The molecular weight excluding hydrogens is 238 g/mol. The number of nitro groups is 1. The van der Waals surface area contributed by atoms with Gasteiger partial charge in [-0.05, 0) is 6.07 Å². The van der Waals surface area contributed by atoms with Crippen molar-refractivity contribution in [2.75, 3.05) is 32.5 Å². The highest BCUT2D eigenvalue weighted by Crippen LogP contribution is 2.11. The highest BCUT2D eigenvalue weighted by atomic mass is 16.6. The van der Waals surface area contributed by atoms with Crippen molar-refractivity contribution in [2.45, 2.75) is 0 Å². The molecule has 0 atom stereocenters. The van der Waals surface area contributed by atoms with Gasteiger partial charge in [0.05, 0.1) is 4.92 Å². The summed E-state index contributed by atoms with van der Waals surface area (Å²) in [5, 5.41) is 16.0. The number of pyridine rings is 1. The Hall–Kier alpha value is -2.38. The summed E-state index contributed by atoms with van der Waals surface area (Å²) in [6.07, 6.45) is 1.18. The van der Waals surface area contributed by atoms with Crippen LogP contribution in [0, 0.1) is 10.1 Å². The topological polar surface area (TPSA) is 100 Å². The molecule has 8 nitrogen and oxygen atoms in total. The minimum atomic E-state index is -0.506. The molecule has 98 valence electrons. The number of rotatable bonds is 5. The summed E-state index contributed by atoms with van der Waals surface area (Å²) in [7, 11) is 3.31. The molecule has 0 aliphatic rings. The Labute approximate surface area is 104 Å². The van der Waals surface area contributed by atoms with Crippen LogP contribution in [0.5, 0.6) is 0 Å². The van der Waals surface area contributed by atoms with Crippen LogP contribution in [0.3, 0.4) is 0 Å². The first-order chi connectivity index (χ1) is 8.50. The molecule has 0 aliphatic heterocycles. The second-order valence-corrected chi connectivity index (χ2v) is 3.71. The minimum absolute atomic E-state index is 0.0542. The smallest absolute Gasteiger partial charge is 0.316 e. The maximum absolute atomic E-state index is 11.2. The number of aromatic nitrogens is 1. The Morgan fingerprint density at radius 3 is 2.67 bits per heavy atom. The van der Waals surface area contributed by atoms with Crippen LogP contribution < -0.4 is 10.6 Å². The molecule has 0 fully saturated rings. The molecule has 0 radical (unpaired) electrons. The van der Waals surface area contributed by atoms with Gasteiger partial charge in [0.25, 0.3) is 5.69 Å². The maximum atomic E-state index is 11.2. The van der Waals surface area contributed by atoms with Crippen molar-refractivity contribution in [2.24, 2.45) is 0 Å². The van der Waals surface area contributed by atoms with Gasteiger partial charge in [-0.3, -0.25) is 10.1 Å². The standard InChI is InChI=1S/C10H15N5O3/c1-14(2)10(16)12-6-5-11-9-4-3-8(7-13-9)15(17)18/h3-4,7H,5-6H2,1-2H3,(H,11,13)(H,12,16). The lowest BCUT2D eigenvalue weighted by Gasteiger charge is -2.12. The van der Waals surface area contributed by atoms with Gasteiger partial charge in [-0.2, -0.15) is 0 Å². The van der Waals surface area contributed by atoms with E-state index in [0.29, 0.717) is 18.9 Å². The van der Waals surface area contributed by atoms with Crippen LogP contribution in [0.15, 0.2) is 18.3 Å². The fraction of sp³-hybridized carbons (Fsp3) is 0.400. The summed E-state index contributed by atoms with van der Waals surface area (Å²) in [6, 6.07) is 2.72. The number of carbonyl (C=O) groups is 1. The molecule has 2 N–H and O–H groups in total. The molecule has 2 amide bonds. The van der Waals surface area contributed by atoms with E-state index in [4.69, 9.17) is 0 Å². The Kier molecular flexibility index (Phi) is 4.85. The number of carbonyl (C=O) groups excluding carboxylic acids is 1. The van der Waals surface area contributed by atoms with Gasteiger partial charge in [0.2, 0.25) is 0 Å². The molecule has 0 saturated heterocycles. The summed E-state index contributed by atoms with van der Waals surface area (Å²) >= 11 is 0. The second kappa shape index (κ2) is 6.38. The number of hydrogen-bond acceptors (Lipinski definition) is 5. The van der Waals surface area contributed by atoms with E-state index in [2.05, 4.69) is 15.6 Å². The third kappa shape index (κ3) is 4.24.